The first-order valence-corrected chi connectivity index (χ1v) is 6.28. The van der Waals surface area contributed by atoms with E-state index in [-0.39, 0.29) is 0 Å². The average Bonchev–Trinajstić information content (AvgIpc) is 2.32. The molecule has 0 aromatic heterocycles. The summed E-state index contributed by atoms with van der Waals surface area (Å²) in [5.41, 5.74) is 1.32. The van der Waals surface area contributed by atoms with Crippen molar-refractivity contribution in [2.75, 3.05) is 14.1 Å². The molecular weight excluding hydrogens is 210 g/mol. The van der Waals surface area contributed by atoms with Crippen LogP contribution >= 0.6 is 0 Å². The zero-order valence-electron chi connectivity index (χ0n) is 10.6. The molecule has 1 unspecified atom stereocenters. The third-order valence-corrected chi connectivity index (χ3v) is 3.74. The maximum absolute atomic E-state index is 7.93. The molecule has 3 nitrogen and oxygen atoms in total. The van der Waals surface area contributed by atoms with Crippen LogP contribution < -0.4 is 5.32 Å². The second-order valence-electron chi connectivity index (χ2n) is 4.76. The molecule has 0 aliphatic heterocycles. The van der Waals surface area contributed by atoms with Crippen molar-refractivity contribution in [2.24, 2.45) is 5.92 Å². The Kier molecular flexibility index (Phi) is 3.67. The van der Waals surface area contributed by atoms with Crippen LogP contribution in [0.4, 0.5) is 0 Å². The lowest BCUT2D eigenvalue weighted by Gasteiger charge is -2.40. The van der Waals surface area contributed by atoms with E-state index in [1.807, 2.05) is 20.2 Å². The van der Waals surface area contributed by atoms with E-state index in [1.165, 1.54) is 24.8 Å². The summed E-state index contributed by atoms with van der Waals surface area (Å²) in [4.78, 5) is 2.05. The summed E-state index contributed by atoms with van der Waals surface area (Å²) in [6.07, 6.45) is 3.89. The van der Waals surface area contributed by atoms with Crippen molar-refractivity contribution in [1.82, 2.24) is 10.2 Å². The Morgan fingerprint density at radius 1 is 1.35 bits per heavy atom. The zero-order valence-corrected chi connectivity index (χ0v) is 10.6. The van der Waals surface area contributed by atoms with Gasteiger partial charge in [-0.25, -0.2) is 0 Å². The Morgan fingerprint density at radius 2 is 2.00 bits per heavy atom. The van der Waals surface area contributed by atoms with Crippen molar-refractivity contribution in [3.63, 3.8) is 0 Å². The third-order valence-electron chi connectivity index (χ3n) is 3.74. The van der Waals surface area contributed by atoms with Crippen LogP contribution in [0.3, 0.4) is 0 Å². The first kappa shape index (κ1) is 12.0. The predicted octanol–water partition coefficient (Wildman–Crippen LogP) is 2.61. The van der Waals surface area contributed by atoms with Crippen molar-refractivity contribution in [3.8, 4) is 0 Å². The molecule has 92 valence electrons. The van der Waals surface area contributed by atoms with Crippen LogP contribution in [-0.4, -0.2) is 25.0 Å². The van der Waals surface area contributed by atoms with E-state index in [4.69, 9.17) is 5.41 Å². The highest BCUT2D eigenvalue weighted by Gasteiger charge is 2.32. The summed E-state index contributed by atoms with van der Waals surface area (Å²) >= 11 is 0. The molecular formula is C14H21N3. The molecule has 1 fully saturated rings. The van der Waals surface area contributed by atoms with Gasteiger partial charge in [0, 0.05) is 14.1 Å². The lowest BCUT2D eigenvalue weighted by atomic mass is 9.76. The van der Waals surface area contributed by atoms with Gasteiger partial charge in [-0.2, -0.15) is 0 Å². The number of benzene rings is 1. The minimum absolute atomic E-state index is 0.338. The van der Waals surface area contributed by atoms with Gasteiger partial charge in [0.2, 0.25) is 0 Å². The quantitative estimate of drug-likeness (QED) is 0.620. The van der Waals surface area contributed by atoms with Crippen LogP contribution in [0.25, 0.3) is 0 Å². The Balaban J connectivity index is 2.22. The van der Waals surface area contributed by atoms with Crippen molar-refractivity contribution < 1.29 is 0 Å². The SMILES string of the molecule is CNC(=N)N(C)C(c1ccccc1)C1CCC1. The molecule has 1 aliphatic carbocycles. The van der Waals surface area contributed by atoms with Gasteiger partial charge in [0.1, 0.15) is 0 Å². The molecule has 0 heterocycles. The molecule has 0 spiro atoms. The molecule has 17 heavy (non-hydrogen) atoms. The molecule has 0 bridgehead atoms. The zero-order chi connectivity index (χ0) is 12.3. The molecule has 0 saturated heterocycles. The van der Waals surface area contributed by atoms with Crippen molar-refractivity contribution in [3.05, 3.63) is 35.9 Å². The second-order valence-corrected chi connectivity index (χ2v) is 4.76. The number of rotatable bonds is 3. The molecule has 1 aromatic carbocycles. The van der Waals surface area contributed by atoms with E-state index < -0.39 is 0 Å². The van der Waals surface area contributed by atoms with Crippen LogP contribution in [-0.2, 0) is 0 Å². The minimum Gasteiger partial charge on any atom is -0.359 e. The number of guanidine groups is 1. The summed E-state index contributed by atoms with van der Waals surface area (Å²) in [7, 11) is 3.82. The van der Waals surface area contributed by atoms with Crippen molar-refractivity contribution >= 4 is 5.96 Å². The van der Waals surface area contributed by atoms with Gasteiger partial charge in [-0.05, 0) is 24.3 Å². The van der Waals surface area contributed by atoms with Gasteiger partial charge in [0.25, 0.3) is 0 Å². The first-order valence-electron chi connectivity index (χ1n) is 6.28. The van der Waals surface area contributed by atoms with Gasteiger partial charge in [0.15, 0.2) is 5.96 Å². The van der Waals surface area contributed by atoms with Crippen LogP contribution in [0.15, 0.2) is 30.3 Å². The number of hydrogen-bond acceptors (Lipinski definition) is 1. The fraction of sp³-hybridized carbons (Fsp3) is 0.500. The molecule has 1 aliphatic rings. The lowest BCUT2D eigenvalue weighted by molar-refractivity contribution is 0.169. The van der Waals surface area contributed by atoms with E-state index in [9.17, 15) is 0 Å². The number of hydrogen-bond donors (Lipinski definition) is 2. The predicted molar refractivity (Wildman–Crippen MR) is 71.1 cm³/mol. The monoisotopic (exact) mass is 231 g/mol. The normalized spacial score (nSPS) is 17.1. The van der Waals surface area contributed by atoms with Crippen LogP contribution in [0, 0.1) is 11.3 Å². The van der Waals surface area contributed by atoms with Crippen LogP contribution in [0.5, 0.6) is 0 Å². The van der Waals surface area contributed by atoms with E-state index in [1.54, 1.807) is 0 Å². The van der Waals surface area contributed by atoms with Crippen LogP contribution in [0.1, 0.15) is 30.9 Å². The van der Waals surface area contributed by atoms with Gasteiger partial charge in [-0.3, -0.25) is 5.41 Å². The van der Waals surface area contributed by atoms with E-state index in [0.717, 1.165) is 0 Å². The topological polar surface area (TPSA) is 39.1 Å². The Morgan fingerprint density at radius 3 is 2.47 bits per heavy atom. The van der Waals surface area contributed by atoms with Crippen LogP contribution in [0.2, 0.25) is 0 Å². The first-order chi connectivity index (χ1) is 8.24. The van der Waals surface area contributed by atoms with Crippen molar-refractivity contribution in [2.45, 2.75) is 25.3 Å². The van der Waals surface area contributed by atoms with Gasteiger partial charge in [-0.1, -0.05) is 36.8 Å². The standard InChI is InChI=1S/C14H21N3/c1-16-14(15)17(2)13(12-9-6-10-12)11-7-4-3-5-8-11/h3-5,7-8,12-13H,6,9-10H2,1-2H3,(H2,15,16). The second kappa shape index (κ2) is 5.21. The maximum Gasteiger partial charge on any atom is 0.191 e. The molecule has 1 atom stereocenters. The van der Waals surface area contributed by atoms with Gasteiger partial charge >= 0.3 is 0 Å². The fourth-order valence-corrected chi connectivity index (χ4v) is 2.53. The highest BCUT2D eigenvalue weighted by molar-refractivity contribution is 5.76. The molecule has 1 aromatic rings. The smallest absolute Gasteiger partial charge is 0.191 e. The molecule has 1 saturated carbocycles. The minimum atomic E-state index is 0.338. The average molecular weight is 231 g/mol. The Labute approximate surface area is 103 Å². The summed E-state index contributed by atoms with van der Waals surface area (Å²) in [6, 6.07) is 10.9. The molecule has 0 radical (unpaired) electrons. The highest BCUT2D eigenvalue weighted by atomic mass is 15.3. The summed E-state index contributed by atoms with van der Waals surface area (Å²) in [6.45, 7) is 0. The van der Waals surface area contributed by atoms with E-state index in [0.29, 0.717) is 17.9 Å². The number of nitrogens with zero attached hydrogens (tertiary/aromatic N) is 1. The third kappa shape index (κ3) is 2.43. The Bertz CT molecular complexity index is 370. The molecule has 2 rings (SSSR count). The summed E-state index contributed by atoms with van der Waals surface area (Å²) in [5, 5.41) is 10.9. The Hall–Kier alpha value is -1.51. The summed E-state index contributed by atoms with van der Waals surface area (Å²) in [5.74, 6) is 1.18. The van der Waals surface area contributed by atoms with E-state index >= 15 is 0 Å². The summed E-state index contributed by atoms with van der Waals surface area (Å²) < 4.78 is 0. The van der Waals surface area contributed by atoms with Gasteiger partial charge in [-0.15, -0.1) is 0 Å². The van der Waals surface area contributed by atoms with Crippen molar-refractivity contribution in [1.29, 1.82) is 5.41 Å². The fourth-order valence-electron chi connectivity index (χ4n) is 2.53. The van der Waals surface area contributed by atoms with Gasteiger partial charge in [0.05, 0.1) is 6.04 Å². The van der Waals surface area contributed by atoms with E-state index in [2.05, 4.69) is 34.5 Å². The van der Waals surface area contributed by atoms with Gasteiger partial charge < -0.3 is 10.2 Å². The molecule has 3 heteroatoms. The maximum atomic E-state index is 7.93. The highest BCUT2D eigenvalue weighted by Crippen LogP contribution is 2.40. The molecule has 2 N–H and O–H groups in total. The molecule has 0 amide bonds. The number of nitrogens with one attached hydrogen (secondary N) is 2. The largest absolute Gasteiger partial charge is 0.359 e. The lowest BCUT2D eigenvalue weighted by Crippen LogP contribution is -2.42.